The summed E-state index contributed by atoms with van der Waals surface area (Å²) in [5.41, 5.74) is 5.00. The fraction of sp³-hybridized carbons (Fsp3) is 0.273. The highest BCUT2D eigenvalue weighted by molar-refractivity contribution is 6.31. The molecule has 1 atom stereocenters. The van der Waals surface area contributed by atoms with Crippen molar-refractivity contribution in [1.29, 1.82) is 10.5 Å². The van der Waals surface area contributed by atoms with Crippen LogP contribution in [0.4, 0.5) is 11.4 Å². The minimum atomic E-state index is -0.474. The van der Waals surface area contributed by atoms with Crippen LogP contribution in [0.15, 0.2) is 73.3 Å². The summed E-state index contributed by atoms with van der Waals surface area (Å²) < 4.78 is 1.93. The third kappa shape index (κ3) is 5.48. The van der Waals surface area contributed by atoms with Gasteiger partial charge in [-0.2, -0.15) is 10.5 Å². The Morgan fingerprint density at radius 1 is 1.05 bits per heavy atom. The molecule has 43 heavy (non-hydrogen) atoms. The highest BCUT2D eigenvalue weighted by atomic mass is 35.5. The predicted octanol–water partition coefficient (Wildman–Crippen LogP) is 6.81. The molecule has 5 aromatic rings. The average molecular weight is 588 g/mol. The molecule has 6 rings (SSSR count). The highest BCUT2D eigenvalue weighted by Gasteiger charge is 2.47. The summed E-state index contributed by atoms with van der Waals surface area (Å²) in [4.78, 5) is 8.65. The minimum Gasteiger partial charge on any atom is -0.383 e. The van der Waals surface area contributed by atoms with Gasteiger partial charge in [-0.25, -0.2) is 4.68 Å². The lowest BCUT2D eigenvalue weighted by Crippen LogP contribution is -2.20. The van der Waals surface area contributed by atoms with E-state index in [0.29, 0.717) is 50.7 Å². The number of hydrogen-bond donors (Lipinski definition) is 2. The van der Waals surface area contributed by atoms with Gasteiger partial charge in [0.1, 0.15) is 17.8 Å². The van der Waals surface area contributed by atoms with Gasteiger partial charge in [-0.1, -0.05) is 55.8 Å². The number of nitrogens with one attached hydrogen (secondary N) is 2. The van der Waals surface area contributed by atoms with Crippen molar-refractivity contribution in [2.24, 2.45) is 5.41 Å². The van der Waals surface area contributed by atoms with Gasteiger partial charge in [0.05, 0.1) is 40.1 Å². The Labute approximate surface area is 255 Å². The van der Waals surface area contributed by atoms with Gasteiger partial charge in [0.15, 0.2) is 0 Å². The first-order valence-electron chi connectivity index (χ1n) is 14.1. The molecule has 1 fully saturated rings. The van der Waals surface area contributed by atoms with Crippen LogP contribution in [0.25, 0.3) is 10.9 Å². The van der Waals surface area contributed by atoms with E-state index in [1.165, 1.54) is 6.20 Å². The van der Waals surface area contributed by atoms with Crippen molar-refractivity contribution in [2.45, 2.75) is 45.2 Å². The SMILES string of the molecule is CC(C)(C)CNc1c(C#N)cnc2c(C#N)cc(NC(c3cn(C4(c5ccncc5)CC4)nn3)c3ccccc3Cl)cc12. The molecule has 0 saturated heterocycles. The van der Waals surface area contributed by atoms with Crippen LogP contribution in [-0.2, 0) is 5.54 Å². The van der Waals surface area contributed by atoms with Gasteiger partial charge in [-0.3, -0.25) is 9.97 Å². The largest absolute Gasteiger partial charge is 0.383 e. The number of nitrogens with zero attached hydrogens (tertiary/aromatic N) is 7. The number of anilines is 2. The number of nitriles is 2. The van der Waals surface area contributed by atoms with E-state index in [1.807, 2.05) is 53.3 Å². The van der Waals surface area contributed by atoms with Crippen LogP contribution in [0.2, 0.25) is 5.02 Å². The van der Waals surface area contributed by atoms with Crippen LogP contribution in [0.1, 0.15) is 67.6 Å². The average Bonchev–Trinajstić information content (AvgIpc) is 3.67. The standard InChI is InChI=1S/C33H30ClN9/c1-32(2,3)20-39-30-22(17-36)18-38-29-21(16-35)14-24(15-26(29)30)40-31(25-6-4-5-7-27(25)34)28-19-43(42-41-28)33(10-11-33)23-8-12-37-13-9-23/h4-9,12-15,18-19,31,40H,10-11,20H2,1-3H3,(H,38,39). The summed E-state index contributed by atoms with van der Waals surface area (Å²) in [5.74, 6) is 0. The maximum atomic E-state index is 10.1. The van der Waals surface area contributed by atoms with E-state index < -0.39 is 6.04 Å². The van der Waals surface area contributed by atoms with Crippen LogP contribution in [0.3, 0.4) is 0 Å². The molecule has 0 radical (unpaired) electrons. The molecule has 1 saturated carbocycles. The quantitative estimate of drug-likeness (QED) is 0.202. The molecule has 1 unspecified atom stereocenters. The predicted molar refractivity (Wildman–Crippen MR) is 167 cm³/mol. The summed E-state index contributed by atoms with van der Waals surface area (Å²) in [6, 6.07) is 19.4. The molecule has 0 amide bonds. The normalized spacial score (nSPS) is 14.5. The van der Waals surface area contributed by atoms with Crippen LogP contribution < -0.4 is 10.6 Å². The number of benzene rings is 2. The van der Waals surface area contributed by atoms with E-state index >= 15 is 0 Å². The smallest absolute Gasteiger partial charge is 0.110 e. The molecule has 0 aliphatic heterocycles. The van der Waals surface area contributed by atoms with E-state index in [-0.39, 0.29) is 11.0 Å². The second-order valence-corrected chi connectivity index (χ2v) is 12.5. The van der Waals surface area contributed by atoms with Crippen molar-refractivity contribution in [3.8, 4) is 12.1 Å². The van der Waals surface area contributed by atoms with Gasteiger partial charge in [0, 0.05) is 41.2 Å². The minimum absolute atomic E-state index is 0.0353. The molecule has 214 valence electrons. The molecule has 1 aliphatic carbocycles. The Balaban J connectivity index is 1.45. The second-order valence-electron chi connectivity index (χ2n) is 12.1. The Bertz CT molecular complexity index is 1890. The summed E-state index contributed by atoms with van der Waals surface area (Å²) in [7, 11) is 0. The summed E-state index contributed by atoms with van der Waals surface area (Å²) in [6.07, 6.45) is 8.99. The first-order valence-corrected chi connectivity index (χ1v) is 14.5. The van der Waals surface area contributed by atoms with Crippen molar-refractivity contribution in [1.82, 2.24) is 25.0 Å². The Morgan fingerprint density at radius 3 is 2.47 bits per heavy atom. The number of aromatic nitrogens is 5. The Hall–Kier alpha value is -4.99. The highest BCUT2D eigenvalue weighted by Crippen LogP contribution is 2.49. The fourth-order valence-corrected chi connectivity index (χ4v) is 5.58. The summed E-state index contributed by atoms with van der Waals surface area (Å²) in [5, 5.41) is 37.4. The Kier molecular flexibility index (Phi) is 7.21. The molecular formula is C33H30ClN9. The molecular weight excluding hydrogens is 558 g/mol. The number of pyridine rings is 2. The molecule has 2 N–H and O–H groups in total. The number of halogens is 1. The lowest BCUT2D eigenvalue weighted by atomic mass is 9.96. The van der Waals surface area contributed by atoms with Crippen LogP contribution >= 0.6 is 11.6 Å². The lowest BCUT2D eigenvalue weighted by molar-refractivity contribution is 0.443. The zero-order valence-corrected chi connectivity index (χ0v) is 24.9. The maximum Gasteiger partial charge on any atom is 0.110 e. The third-order valence-corrected chi connectivity index (χ3v) is 8.07. The molecule has 2 aromatic carbocycles. The van der Waals surface area contributed by atoms with Gasteiger partial charge in [0.25, 0.3) is 0 Å². The van der Waals surface area contributed by atoms with Crippen molar-refractivity contribution in [3.05, 3.63) is 106 Å². The van der Waals surface area contributed by atoms with Crippen LogP contribution in [-0.4, -0.2) is 31.5 Å². The number of fused-ring (bicyclic) bond motifs is 1. The molecule has 3 aromatic heterocycles. The van der Waals surface area contributed by atoms with Crippen LogP contribution in [0.5, 0.6) is 0 Å². The van der Waals surface area contributed by atoms with Gasteiger partial charge in [-0.15, -0.1) is 5.10 Å². The molecule has 9 nitrogen and oxygen atoms in total. The second kappa shape index (κ2) is 11.0. The van der Waals surface area contributed by atoms with E-state index in [4.69, 9.17) is 11.6 Å². The van der Waals surface area contributed by atoms with E-state index in [1.54, 1.807) is 18.5 Å². The zero-order chi connectivity index (χ0) is 30.2. The fourth-order valence-electron chi connectivity index (χ4n) is 5.34. The Morgan fingerprint density at radius 2 is 1.79 bits per heavy atom. The summed E-state index contributed by atoms with van der Waals surface area (Å²) >= 11 is 6.73. The monoisotopic (exact) mass is 587 g/mol. The molecule has 3 heterocycles. The third-order valence-electron chi connectivity index (χ3n) is 7.72. The zero-order valence-electron chi connectivity index (χ0n) is 24.1. The first-order chi connectivity index (χ1) is 20.7. The maximum absolute atomic E-state index is 10.1. The summed E-state index contributed by atoms with van der Waals surface area (Å²) in [6.45, 7) is 6.98. The number of hydrogen-bond acceptors (Lipinski definition) is 8. The van der Waals surface area contributed by atoms with Crippen LogP contribution in [0, 0.1) is 28.1 Å². The van der Waals surface area contributed by atoms with Crippen molar-refractivity contribution < 1.29 is 0 Å². The lowest BCUT2D eigenvalue weighted by Gasteiger charge is -2.23. The number of rotatable bonds is 8. The van der Waals surface area contributed by atoms with E-state index in [0.717, 1.165) is 24.0 Å². The van der Waals surface area contributed by atoms with Gasteiger partial charge in [-0.05, 0) is 59.7 Å². The van der Waals surface area contributed by atoms with Crippen molar-refractivity contribution in [3.63, 3.8) is 0 Å². The molecule has 0 spiro atoms. The first kappa shape index (κ1) is 28.1. The van der Waals surface area contributed by atoms with Gasteiger partial charge >= 0.3 is 0 Å². The molecule has 1 aliphatic rings. The van der Waals surface area contributed by atoms with E-state index in [9.17, 15) is 10.5 Å². The molecule has 0 bridgehead atoms. The van der Waals surface area contributed by atoms with Gasteiger partial charge in [0.2, 0.25) is 0 Å². The topological polar surface area (TPSA) is 128 Å². The van der Waals surface area contributed by atoms with Gasteiger partial charge < -0.3 is 10.6 Å². The van der Waals surface area contributed by atoms with E-state index in [2.05, 4.69) is 63.8 Å². The van der Waals surface area contributed by atoms with Crippen molar-refractivity contribution in [2.75, 3.05) is 17.2 Å². The molecule has 10 heteroatoms. The van der Waals surface area contributed by atoms with Crippen molar-refractivity contribution >= 4 is 33.9 Å².